The molecule has 2 rings (SSSR count). The van der Waals surface area contributed by atoms with Crippen LogP contribution in [0.4, 0.5) is 0 Å². The van der Waals surface area contributed by atoms with E-state index in [0.717, 1.165) is 6.42 Å². The first-order chi connectivity index (χ1) is 9.85. The molecule has 0 saturated heterocycles. The van der Waals surface area contributed by atoms with Gasteiger partial charge in [-0.25, -0.2) is 13.1 Å². The van der Waals surface area contributed by atoms with E-state index in [9.17, 15) is 18.3 Å². The normalized spacial score (nSPS) is 17.0. The summed E-state index contributed by atoms with van der Waals surface area (Å²) >= 11 is 0. The van der Waals surface area contributed by atoms with Crippen LogP contribution in [0.15, 0.2) is 29.2 Å². The molecular formula is C14H19NO5S. The smallest absolute Gasteiger partial charge is 0.309 e. The maximum atomic E-state index is 12.1. The van der Waals surface area contributed by atoms with Gasteiger partial charge in [-0.05, 0) is 37.0 Å². The van der Waals surface area contributed by atoms with Crippen LogP contribution in [-0.4, -0.2) is 38.7 Å². The number of carbonyl (C=O) groups excluding carboxylic acids is 1. The molecule has 1 aliphatic carbocycles. The Bertz CT molecular complexity index is 605. The van der Waals surface area contributed by atoms with Crippen LogP contribution in [0.2, 0.25) is 0 Å². The van der Waals surface area contributed by atoms with Crippen LogP contribution in [0.5, 0.6) is 0 Å². The molecule has 0 amide bonds. The number of benzene rings is 1. The molecule has 1 aromatic rings. The van der Waals surface area contributed by atoms with Crippen LogP contribution in [0, 0.1) is 0 Å². The SMILES string of the molecule is COC(=O)Cc1ccc(S(=O)(=O)NCC2(O)CCC2)cc1. The van der Waals surface area contributed by atoms with Crippen molar-refractivity contribution in [3.05, 3.63) is 29.8 Å². The molecule has 0 unspecified atom stereocenters. The van der Waals surface area contributed by atoms with E-state index in [4.69, 9.17) is 0 Å². The molecule has 2 N–H and O–H groups in total. The van der Waals surface area contributed by atoms with Gasteiger partial charge in [0.15, 0.2) is 0 Å². The van der Waals surface area contributed by atoms with Gasteiger partial charge in [0, 0.05) is 6.54 Å². The summed E-state index contributed by atoms with van der Waals surface area (Å²) in [6, 6.07) is 6.02. The zero-order chi connectivity index (χ0) is 15.5. The number of rotatable bonds is 6. The van der Waals surface area contributed by atoms with E-state index >= 15 is 0 Å². The van der Waals surface area contributed by atoms with E-state index in [1.807, 2.05) is 0 Å². The molecule has 0 heterocycles. The number of carbonyl (C=O) groups is 1. The molecule has 1 fully saturated rings. The van der Waals surface area contributed by atoms with Gasteiger partial charge in [-0.15, -0.1) is 0 Å². The number of methoxy groups -OCH3 is 1. The van der Waals surface area contributed by atoms with Crippen molar-refractivity contribution in [1.29, 1.82) is 0 Å². The summed E-state index contributed by atoms with van der Waals surface area (Å²) in [4.78, 5) is 11.2. The topological polar surface area (TPSA) is 92.7 Å². The molecule has 21 heavy (non-hydrogen) atoms. The highest BCUT2D eigenvalue weighted by Gasteiger charge is 2.35. The molecule has 0 aromatic heterocycles. The van der Waals surface area contributed by atoms with E-state index in [0.29, 0.717) is 18.4 Å². The first-order valence-electron chi connectivity index (χ1n) is 6.72. The summed E-state index contributed by atoms with van der Waals surface area (Å²) in [5.74, 6) is -0.379. The van der Waals surface area contributed by atoms with Crippen molar-refractivity contribution in [3.63, 3.8) is 0 Å². The third-order valence-electron chi connectivity index (χ3n) is 3.69. The van der Waals surface area contributed by atoms with E-state index < -0.39 is 15.6 Å². The molecule has 1 aliphatic rings. The van der Waals surface area contributed by atoms with Crippen molar-refractivity contribution >= 4 is 16.0 Å². The van der Waals surface area contributed by atoms with E-state index in [1.54, 1.807) is 12.1 Å². The summed E-state index contributed by atoms with van der Waals surface area (Å²) in [5.41, 5.74) is -0.226. The highest BCUT2D eigenvalue weighted by molar-refractivity contribution is 7.89. The van der Waals surface area contributed by atoms with Crippen LogP contribution >= 0.6 is 0 Å². The largest absolute Gasteiger partial charge is 0.469 e. The van der Waals surface area contributed by atoms with Gasteiger partial charge in [0.2, 0.25) is 10.0 Å². The number of esters is 1. The fourth-order valence-corrected chi connectivity index (χ4v) is 3.22. The summed E-state index contributed by atoms with van der Waals surface area (Å²) in [6.07, 6.45) is 2.26. The van der Waals surface area contributed by atoms with Crippen LogP contribution < -0.4 is 4.72 Å². The highest BCUT2D eigenvalue weighted by Crippen LogP contribution is 2.31. The van der Waals surface area contributed by atoms with Crippen molar-refractivity contribution in [1.82, 2.24) is 4.72 Å². The molecule has 1 saturated carbocycles. The number of aliphatic hydroxyl groups is 1. The zero-order valence-electron chi connectivity index (χ0n) is 11.8. The Hall–Kier alpha value is -1.44. The van der Waals surface area contributed by atoms with Crippen molar-refractivity contribution in [2.45, 2.75) is 36.2 Å². The molecule has 0 spiro atoms. The second kappa shape index (κ2) is 6.13. The van der Waals surface area contributed by atoms with Gasteiger partial charge in [0.1, 0.15) is 0 Å². The minimum atomic E-state index is -3.65. The molecule has 0 aliphatic heterocycles. The Labute approximate surface area is 124 Å². The molecule has 0 atom stereocenters. The first kappa shape index (κ1) is 15.9. The minimum absolute atomic E-state index is 0.0270. The molecule has 6 nitrogen and oxygen atoms in total. The Morgan fingerprint density at radius 3 is 2.43 bits per heavy atom. The van der Waals surface area contributed by atoms with Gasteiger partial charge < -0.3 is 9.84 Å². The Morgan fingerprint density at radius 2 is 1.95 bits per heavy atom. The van der Waals surface area contributed by atoms with Crippen molar-refractivity contribution in [3.8, 4) is 0 Å². The maximum Gasteiger partial charge on any atom is 0.309 e. The average molecular weight is 313 g/mol. The van der Waals surface area contributed by atoms with Crippen molar-refractivity contribution < 1.29 is 23.1 Å². The van der Waals surface area contributed by atoms with Crippen LogP contribution in [0.3, 0.4) is 0 Å². The minimum Gasteiger partial charge on any atom is -0.469 e. The lowest BCUT2D eigenvalue weighted by molar-refractivity contribution is -0.139. The summed E-state index contributed by atoms with van der Waals surface area (Å²) in [6.45, 7) is 0.0270. The van der Waals surface area contributed by atoms with Gasteiger partial charge in [0.05, 0.1) is 24.0 Å². The fourth-order valence-electron chi connectivity index (χ4n) is 2.10. The second-order valence-corrected chi connectivity index (χ2v) is 7.07. The van der Waals surface area contributed by atoms with Crippen LogP contribution in [-0.2, 0) is 26.0 Å². The predicted octanol–water partition coefficient (Wildman–Crippen LogP) is 0.595. The predicted molar refractivity (Wildman–Crippen MR) is 76.2 cm³/mol. The van der Waals surface area contributed by atoms with Crippen molar-refractivity contribution in [2.75, 3.05) is 13.7 Å². The third kappa shape index (κ3) is 4.03. The molecule has 7 heteroatoms. The Morgan fingerprint density at radius 1 is 1.33 bits per heavy atom. The van der Waals surface area contributed by atoms with Gasteiger partial charge >= 0.3 is 5.97 Å². The molecule has 0 radical (unpaired) electrons. The van der Waals surface area contributed by atoms with E-state index in [1.165, 1.54) is 19.2 Å². The number of hydrogen-bond acceptors (Lipinski definition) is 5. The fraction of sp³-hybridized carbons (Fsp3) is 0.500. The summed E-state index contributed by atoms with van der Waals surface area (Å²) < 4.78 is 31.2. The van der Waals surface area contributed by atoms with Gasteiger partial charge in [-0.2, -0.15) is 0 Å². The summed E-state index contributed by atoms with van der Waals surface area (Å²) in [5, 5.41) is 9.91. The number of sulfonamides is 1. The quantitative estimate of drug-likeness (QED) is 0.750. The Balaban J connectivity index is 2.01. The van der Waals surface area contributed by atoms with Crippen molar-refractivity contribution in [2.24, 2.45) is 0 Å². The van der Waals surface area contributed by atoms with Gasteiger partial charge in [-0.1, -0.05) is 12.1 Å². The Kier molecular flexibility index (Phi) is 4.65. The molecule has 1 aromatic carbocycles. The highest BCUT2D eigenvalue weighted by atomic mass is 32.2. The maximum absolute atomic E-state index is 12.1. The zero-order valence-corrected chi connectivity index (χ0v) is 12.6. The number of ether oxygens (including phenoxy) is 1. The molecular weight excluding hydrogens is 294 g/mol. The second-order valence-electron chi connectivity index (χ2n) is 5.30. The number of nitrogens with one attached hydrogen (secondary N) is 1. The van der Waals surface area contributed by atoms with E-state index in [2.05, 4.69) is 9.46 Å². The van der Waals surface area contributed by atoms with Crippen LogP contribution in [0.1, 0.15) is 24.8 Å². The third-order valence-corrected chi connectivity index (χ3v) is 5.10. The van der Waals surface area contributed by atoms with Gasteiger partial charge in [0.25, 0.3) is 0 Å². The molecule has 0 bridgehead atoms. The lowest BCUT2D eigenvalue weighted by Crippen LogP contribution is -2.47. The monoisotopic (exact) mass is 313 g/mol. The molecule has 116 valence electrons. The number of hydrogen-bond donors (Lipinski definition) is 2. The first-order valence-corrected chi connectivity index (χ1v) is 8.21. The van der Waals surface area contributed by atoms with Gasteiger partial charge in [-0.3, -0.25) is 4.79 Å². The lowest BCUT2D eigenvalue weighted by atomic mass is 9.81. The summed E-state index contributed by atoms with van der Waals surface area (Å²) in [7, 11) is -2.34. The van der Waals surface area contributed by atoms with E-state index in [-0.39, 0.29) is 23.8 Å². The standard InChI is InChI=1S/C14H19NO5S/c1-20-13(16)9-11-3-5-12(6-4-11)21(18,19)15-10-14(17)7-2-8-14/h3-6,15,17H,2,7-10H2,1H3. The lowest BCUT2D eigenvalue weighted by Gasteiger charge is -2.36. The average Bonchev–Trinajstić information content (AvgIpc) is 2.43. The van der Waals surface area contributed by atoms with Crippen LogP contribution in [0.25, 0.3) is 0 Å².